The predicted octanol–water partition coefficient (Wildman–Crippen LogP) is 3.74. The Hall–Kier alpha value is -3.56. The number of methoxy groups -OCH3 is 1. The van der Waals surface area contributed by atoms with E-state index in [9.17, 15) is 18.0 Å². The summed E-state index contributed by atoms with van der Waals surface area (Å²) in [6.07, 6.45) is 2.87. The van der Waals surface area contributed by atoms with E-state index in [0.29, 0.717) is 22.9 Å². The molecule has 8 nitrogen and oxygen atoms in total. The first kappa shape index (κ1) is 24.6. The molecule has 182 valence electrons. The molecular formula is C26H27N3O5S. The van der Waals surface area contributed by atoms with E-state index in [4.69, 9.17) is 4.74 Å². The van der Waals surface area contributed by atoms with E-state index >= 15 is 0 Å². The van der Waals surface area contributed by atoms with E-state index < -0.39 is 27.9 Å². The summed E-state index contributed by atoms with van der Waals surface area (Å²) < 4.78 is 33.7. The van der Waals surface area contributed by atoms with E-state index in [-0.39, 0.29) is 17.9 Å². The molecule has 2 amide bonds. The zero-order valence-corrected chi connectivity index (χ0v) is 20.6. The number of amides is 2. The second-order valence-electron chi connectivity index (χ2n) is 8.62. The molecule has 1 saturated heterocycles. The Morgan fingerprint density at radius 1 is 1.06 bits per heavy atom. The Morgan fingerprint density at radius 3 is 2.31 bits per heavy atom. The van der Waals surface area contributed by atoms with Gasteiger partial charge in [-0.15, -0.1) is 0 Å². The molecule has 35 heavy (non-hydrogen) atoms. The van der Waals surface area contributed by atoms with Crippen LogP contribution in [0.4, 0.5) is 5.69 Å². The zero-order chi connectivity index (χ0) is 25.2. The lowest BCUT2D eigenvalue weighted by molar-refractivity contribution is -0.122. The van der Waals surface area contributed by atoms with Gasteiger partial charge in [0.05, 0.1) is 24.1 Å². The van der Waals surface area contributed by atoms with Crippen LogP contribution in [0.15, 0.2) is 78.0 Å². The summed E-state index contributed by atoms with van der Waals surface area (Å²) in [4.78, 5) is 31.6. The van der Waals surface area contributed by atoms with Gasteiger partial charge >= 0.3 is 0 Å². The molecule has 9 heteroatoms. The first-order chi connectivity index (χ1) is 16.7. The first-order valence-corrected chi connectivity index (χ1v) is 12.7. The maximum Gasteiger partial charge on any atom is 0.252 e. The number of benzene rings is 2. The summed E-state index contributed by atoms with van der Waals surface area (Å²) >= 11 is 0. The minimum atomic E-state index is -4.14. The minimum absolute atomic E-state index is 0.00201. The van der Waals surface area contributed by atoms with Gasteiger partial charge in [-0.1, -0.05) is 32.0 Å². The first-order valence-electron chi connectivity index (χ1n) is 11.2. The van der Waals surface area contributed by atoms with Crippen LogP contribution in [0.3, 0.4) is 0 Å². The third-order valence-corrected chi connectivity index (χ3v) is 7.88. The molecular weight excluding hydrogens is 466 g/mol. The van der Waals surface area contributed by atoms with Crippen molar-refractivity contribution in [2.75, 3.05) is 12.0 Å². The van der Waals surface area contributed by atoms with Crippen molar-refractivity contribution in [2.24, 2.45) is 0 Å². The Bertz CT molecular complexity index is 1310. The highest BCUT2D eigenvalue weighted by molar-refractivity contribution is 7.89. The Labute approximate surface area is 205 Å². The standard InChI is InChI=1S/C26H27N3O5S/c1-18(2)20-6-8-21(9-7-20)29-25(30)15-24(26(29)31)28(17-19-5-4-14-27-16-19)35(32,33)23-12-10-22(34-3)11-13-23/h4-14,16,18,24H,15,17H2,1-3H3. The summed E-state index contributed by atoms with van der Waals surface area (Å²) in [5.74, 6) is -0.219. The van der Waals surface area contributed by atoms with E-state index in [1.54, 1.807) is 48.8 Å². The van der Waals surface area contributed by atoms with Crippen LogP contribution in [0, 0.1) is 0 Å². The molecule has 0 radical (unpaired) electrons. The number of ether oxygens (including phenoxy) is 1. The maximum absolute atomic E-state index is 13.7. The van der Waals surface area contributed by atoms with Crippen molar-refractivity contribution in [1.29, 1.82) is 0 Å². The van der Waals surface area contributed by atoms with Crippen LogP contribution >= 0.6 is 0 Å². The van der Waals surface area contributed by atoms with Gasteiger partial charge in [0.15, 0.2) is 0 Å². The van der Waals surface area contributed by atoms with Crippen molar-refractivity contribution >= 4 is 27.5 Å². The van der Waals surface area contributed by atoms with Gasteiger partial charge in [-0.2, -0.15) is 4.31 Å². The van der Waals surface area contributed by atoms with Crippen molar-refractivity contribution in [3.05, 3.63) is 84.2 Å². The molecule has 2 aromatic carbocycles. The quantitative estimate of drug-likeness (QED) is 0.444. The van der Waals surface area contributed by atoms with Crippen LogP contribution in [0.1, 0.15) is 37.3 Å². The number of rotatable bonds is 8. The van der Waals surface area contributed by atoms with E-state index in [1.165, 1.54) is 19.2 Å². The SMILES string of the molecule is COc1ccc(S(=O)(=O)N(Cc2cccnc2)C2CC(=O)N(c3ccc(C(C)C)cc3)C2=O)cc1. The van der Waals surface area contributed by atoms with Crippen LogP contribution in [0.2, 0.25) is 0 Å². The summed E-state index contributed by atoms with van der Waals surface area (Å²) in [5.41, 5.74) is 2.10. The van der Waals surface area contributed by atoms with E-state index in [0.717, 1.165) is 14.8 Å². The topological polar surface area (TPSA) is 96.9 Å². The lowest BCUT2D eigenvalue weighted by atomic mass is 10.0. The summed E-state index contributed by atoms with van der Waals surface area (Å²) in [6, 6.07) is 15.4. The number of aromatic nitrogens is 1. The third-order valence-electron chi connectivity index (χ3n) is 6.02. The van der Waals surface area contributed by atoms with Crippen molar-refractivity contribution in [2.45, 2.75) is 43.7 Å². The van der Waals surface area contributed by atoms with Crippen LogP contribution in [0.5, 0.6) is 5.75 Å². The summed E-state index contributed by atoms with van der Waals surface area (Å²) in [5, 5.41) is 0. The van der Waals surface area contributed by atoms with Gasteiger partial charge in [-0.3, -0.25) is 14.6 Å². The number of carbonyl (C=O) groups excluding carboxylic acids is 2. The minimum Gasteiger partial charge on any atom is -0.497 e. The molecule has 0 spiro atoms. The normalized spacial score (nSPS) is 16.4. The van der Waals surface area contributed by atoms with Crippen molar-refractivity contribution in [1.82, 2.24) is 9.29 Å². The third kappa shape index (κ3) is 4.96. The van der Waals surface area contributed by atoms with Crippen LogP contribution in [-0.2, 0) is 26.2 Å². The molecule has 4 rings (SSSR count). The number of sulfonamides is 1. The summed E-state index contributed by atoms with van der Waals surface area (Å²) in [7, 11) is -2.65. The Balaban J connectivity index is 1.71. The van der Waals surface area contributed by atoms with Gasteiger partial charge in [0, 0.05) is 18.9 Å². The number of hydrogen-bond donors (Lipinski definition) is 0. The Kier molecular flexibility index (Phi) is 7.00. The van der Waals surface area contributed by atoms with Gasteiger partial charge < -0.3 is 4.74 Å². The Morgan fingerprint density at radius 2 is 1.74 bits per heavy atom. The average molecular weight is 494 g/mol. The average Bonchev–Trinajstić information content (AvgIpc) is 3.16. The molecule has 0 aliphatic carbocycles. The highest BCUT2D eigenvalue weighted by atomic mass is 32.2. The fourth-order valence-corrected chi connectivity index (χ4v) is 5.61. The molecule has 2 heterocycles. The van der Waals surface area contributed by atoms with Crippen LogP contribution in [-0.4, -0.2) is 42.7 Å². The van der Waals surface area contributed by atoms with Crippen molar-refractivity contribution in [3.8, 4) is 5.75 Å². The molecule has 1 unspecified atom stereocenters. The molecule has 1 fully saturated rings. The molecule has 0 bridgehead atoms. The lowest BCUT2D eigenvalue weighted by Gasteiger charge is -2.27. The highest BCUT2D eigenvalue weighted by Crippen LogP contribution is 2.31. The molecule has 3 aromatic rings. The highest BCUT2D eigenvalue weighted by Gasteiger charge is 2.47. The molecule has 0 N–H and O–H groups in total. The predicted molar refractivity (Wildman–Crippen MR) is 131 cm³/mol. The van der Waals surface area contributed by atoms with Crippen molar-refractivity contribution < 1.29 is 22.7 Å². The number of carbonyl (C=O) groups is 2. The largest absolute Gasteiger partial charge is 0.497 e. The second kappa shape index (κ2) is 9.97. The smallest absolute Gasteiger partial charge is 0.252 e. The van der Waals surface area contributed by atoms with Gasteiger partial charge in [0.1, 0.15) is 11.8 Å². The number of pyridine rings is 1. The zero-order valence-electron chi connectivity index (χ0n) is 19.8. The van der Waals surface area contributed by atoms with Gasteiger partial charge in [-0.25, -0.2) is 13.3 Å². The fraction of sp³-hybridized carbons (Fsp3) is 0.269. The monoisotopic (exact) mass is 493 g/mol. The van der Waals surface area contributed by atoms with Crippen LogP contribution in [0.25, 0.3) is 0 Å². The molecule has 1 atom stereocenters. The molecule has 1 aromatic heterocycles. The lowest BCUT2D eigenvalue weighted by Crippen LogP contribution is -2.45. The van der Waals surface area contributed by atoms with Gasteiger partial charge in [-0.05, 0) is 59.5 Å². The fourth-order valence-electron chi connectivity index (χ4n) is 4.04. The molecule has 1 aliphatic heterocycles. The maximum atomic E-state index is 13.7. The number of nitrogens with zero attached hydrogens (tertiary/aromatic N) is 3. The number of anilines is 1. The van der Waals surface area contributed by atoms with Gasteiger partial charge in [0.2, 0.25) is 15.9 Å². The van der Waals surface area contributed by atoms with Gasteiger partial charge in [0.25, 0.3) is 5.91 Å². The molecule has 1 aliphatic rings. The number of hydrogen-bond acceptors (Lipinski definition) is 6. The number of imide groups is 1. The van der Waals surface area contributed by atoms with Crippen molar-refractivity contribution in [3.63, 3.8) is 0 Å². The second-order valence-corrected chi connectivity index (χ2v) is 10.5. The molecule has 0 saturated carbocycles. The van der Waals surface area contributed by atoms with E-state index in [1.807, 2.05) is 12.1 Å². The van der Waals surface area contributed by atoms with Crippen LogP contribution < -0.4 is 9.64 Å². The van der Waals surface area contributed by atoms with E-state index in [2.05, 4.69) is 18.8 Å². The summed E-state index contributed by atoms with van der Waals surface area (Å²) in [6.45, 7) is 4.00.